The second-order valence-corrected chi connectivity index (χ2v) is 7.75. The van der Waals surface area contributed by atoms with E-state index in [9.17, 15) is 18.0 Å². The molecule has 0 aliphatic rings. The quantitative estimate of drug-likeness (QED) is 0.384. The van der Waals surface area contributed by atoms with E-state index >= 15 is 0 Å². The first-order valence-electron chi connectivity index (χ1n) is 10.1. The summed E-state index contributed by atoms with van der Waals surface area (Å²) >= 11 is 0. The van der Waals surface area contributed by atoms with E-state index in [1.807, 2.05) is 37.3 Å². The molecule has 4 nitrogen and oxygen atoms in total. The third-order valence-electron chi connectivity index (χ3n) is 5.33. The van der Waals surface area contributed by atoms with E-state index in [-0.39, 0.29) is 5.91 Å². The zero-order chi connectivity index (χ0) is 22.9. The van der Waals surface area contributed by atoms with E-state index < -0.39 is 11.7 Å². The van der Waals surface area contributed by atoms with E-state index in [0.29, 0.717) is 24.1 Å². The Hall–Kier alpha value is -3.61. The fraction of sp³-hybridized carbons (Fsp3) is 0.200. The molecule has 0 saturated heterocycles. The number of benzene rings is 3. The van der Waals surface area contributed by atoms with Gasteiger partial charge in [-0.1, -0.05) is 41.6 Å². The van der Waals surface area contributed by atoms with Crippen LogP contribution in [-0.2, 0) is 23.8 Å². The third kappa shape index (κ3) is 4.66. The van der Waals surface area contributed by atoms with E-state index in [2.05, 4.69) is 10.5 Å². The number of aryl methyl sites for hydroxylation is 3. The molecule has 0 atom stereocenters. The Morgan fingerprint density at radius 2 is 1.75 bits per heavy atom. The number of alkyl halides is 3. The molecule has 7 heteroatoms. The van der Waals surface area contributed by atoms with Crippen LogP contribution >= 0.6 is 0 Å². The van der Waals surface area contributed by atoms with Gasteiger partial charge in [0.2, 0.25) is 5.91 Å². The second kappa shape index (κ2) is 8.49. The summed E-state index contributed by atoms with van der Waals surface area (Å²) < 4.78 is 43.9. The summed E-state index contributed by atoms with van der Waals surface area (Å²) in [6, 6.07) is 16.6. The Morgan fingerprint density at radius 3 is 2.44 bits per heavy atom. The predicted molar refractivity (Wildman–Crippen MR) is 117 cm³/mol. The van der Waals surface area contributed by atoms with Gasteiger partial charge in [-0.15, -0.1) is 0 Å². The molecule has 1 N–H and O–H groups in total. The average Bonchev–Trinajstić information content (AvgIpc) is 3.13. The summed E-state index contributed by atoms with van der Waals surface area (Å²) in [6.45, 7) is 3.36. The highest BCUT2D eigenvalue weighted by atomic mass is 19.4. The lowest BCUT2D eigenvalue weighted by atomic mass is 9.99. The minimum Gasteiger partial charge on any atom is -0.356 e. The van der Waals surface area contributed by atoms with E-state index in [1.54, 1.807) is 6.07 Å². The minimum absolute atomic E-state index is 0.153. The normalized spacial score (nSPS) is 11.7. The average molecular weight is 438 g/mol. The number of amides is 1. The van der Waals surface area contributed by atoms with E-state index in [4.69, 9.17) is 4.52 Å². The van der Waals surface area contributed by atoms with Crippen LogP contribution in [0.1, 0.15) is 29.3 Å². The van der Waals surface area contributed by atoms with Gasteiger partial charge in [0.1, 0.15) is 0 Å². The zero-order valence-corrected chi connectivity index (χ0v) is 17.6. The molecule has 4 rings (SSSR count). The highest BCUT2D eigenvalue weighted by Gasteiger charge is 2.29. The summed E-state index contributed by atoms with van der Waals surface area (Å²) in [4.78, 5) is 11.3. The summed E-state index contributed by atoms with van der Waals surface area (Å²) in [6.07, 6.45) is -3.01. The number of carbonyl (C=O) groups is 1. The number of anilines is 1. The van der Waals surface area contributed by atoms with Crippen LogP contribution in [0.2, 0.25) is 0 Å². The molecule has 1 aromatic heterocycles. The largest absolute Gasteiger partial charge is 0.416 e. The Bertz CT molecular complexity index is 1270. The molecule has 0 unspecified atom stereocenters. The van der Waals surface area contributed by atoms with Gasteiger partial charge in [-0.25, -0.2) is 0 Å². The van der Waals surface area contributed by atoms with Gasteiger partial charge in [0.05, 0.1) is 11.3 Å². The molecular formula is C25H21F3N2O2. The highest BCUT2D eigenvalue weighted by Crippen LogP contribution is 2.31. The fourth-order valence-corrected chi connectivity index (χ4v) is 3.67. The number of nitrogens with one attached hydrogen (secondary N) is 1. The molecular weight excluding hydrogens is 417 g/mol. The molecule has 0 aliphatic carbocycles. The number of fused-ring (bicyclic) bond motifs is 1. The van der Waals surface area contributed by atoms with Crippen LogP contribution in [0.3, 0.4) is 0 Å². The topological polar surface area (TPSA) is 55.1 Å². The number of hydrogen-bond acceptors (Lipinski definition) is 3. The molecule has 1 amide bonds. The Balaban J connectivity index is 1.52. The molecule has 164 valence electrons. The van der Waals surface area contributed by atoms with Crippen molar-refractivity contribution in [2.45, 2.75) is 32.9 Å². The molecule has 4 aromatic rings. The smallest absolute Gasteiger partial charge is 0.356 e. The molecule has 0 fully saturated rings. The van der Waals surface area contributed by atoms with Crippen LogP contribution in [0.25, 0.3) is 22.1 Å². The first-order valence-corrected chi connectivity index (χ1v) is 10.1. The molecule has 1 heterocycles. The maximum absolute atomic E-state index is 12.8. The standard InChI is InChI=1S/C25H21F3N2O2/c1-15-12-21-22(30-32-24(21)14-23(15)29-16(2)31)11-6-17-4-3-5-19(13-17)18-7-9-20(10-8-18)25(26,27)28/h3-5,7-10,12-14H,6,11H2,1-2H3,(H,29,31). The van der Waals surface area contributed by atoms with Crippen LogP contribution in [0.4, 0.5) is 18.9 Å². The van der Waals surface area contributed by atoms with E-state index in [0.717, 1.165) is 45.5 Å². The van der Waals surface area contributed by atoms with Crippen LogP contribution < -0.4 is 5.32 Å². The van der Waals surface area contributed by atoms with Crippen molar-refractivity contribution in [2.24, 2.45) is 0 Å². The first kappa shape index (κ1) is 21.6. The molecule has 0 aliphatic heterocycles. The number of aromatic nitrogens is 1. The van der Waals surface area contributed by atoms with Crippen LogP contribution in [0.5, 0.6) is 0 Å². The van der Waals surface area contributed by atoms with Crippen LogP contribution in [-0.4, -0.2) is 11.1 Å². The SMILES string of the molecule is CC(=O)Nc1cc2onc(CCc3cccc(-c4ccc(C(F)(F)F)cc4)c3)c2cc1C. The predicted octanol–water partition coefficient (Wildman–Crippen LogP) is 6.57. The number of hydrogen-bond donors (Lipinski definition) is 1. The third-order valence-corrected chi connectivity index (χ3v) is 5.33. The van der Waals surface area contributed by atoms with Gasteiger partial charge in [0, 0.05) is 24.1 Å². The van der Waals surface area contributed by atoms with Crippen LogP contribution in [0, 0.1) is 6.92 Å². The Labute approximate surface area is 183 Å². The summed E-state index contributed by atoms with van der Waals surface area (Å²) in [5.74, 6) is -0.153. The number of carbonyl (C=O) groups excluding carboxylic acids is 1. The molecule has 0 saturated carbocycles. The summed E-state index contributed by atoms with van der Waals surface area (Å²) in [5, 5.41) is 7.87. The van der Waals surface area contributed by atoms with Crippen molar-refractivity contribution in [1.82, 2.24) is 5.16 Å². The number of nitrogens with zero attached hydrogens (tertiary/aromatic N) is 1. The zero-order valence-electron chi connectivity index (χ0n) is 17.6. The number of rotatable bonds is 5. The lowest BCUT2D eigenvalue weighted by molar-refractivity contribution is -0.137. The van der Waals surface area contributed by atoms with Gasteiger partial charge in [-0.2, -0.15) is 13.2 Å². The van der Waals surface area contributed by atoms with Gasteiger partial charge < -0.3 is 9.84 Å². The van der Waals surface area contributed by atoms with Gasteiger partial charge in [-0.05, 0) is 60.2 Å². The van der Waals surface area contributed by atoms with Gasteiger partial charge in [0.25, 0.3) is 0 Å². The molecule has 32 heavy (non-hydrogen) atoms. The monoisotopic (exact) mass is 438 g/mol. The number of halogens is 3. The van der Waals surface area contributed by atoms with Gasteiger partial charge in [0.15, 0.2) is 5.58 Å². The lowest BCUT2D eigenvalue weighted by Crippen LogP contribution is -2.06. The second-order valence-electron chi connectivity index (χ2n) is 7.75. The Morgan fingerprint density at radius 1 is 1.00 bits per heavy atom. The maximum atomic E-state index is 12.8. The van der Waals surface area contributed by atoms with Crippen molar-refractivity contribution in [2.75, 3.05) is 5.32 Å². The molecule has 3 aromatic carbocycles. The van der Waals surface area contributed by atoms with E-state index in [1.165, 1.54) is 19.1 Å². The highest BCUT2D eigenvalue weighted by molar-refractivity contribution is 5.93. The van der Waals surface area contributed by atoms with Gasteiger partial charge in [-0.3, -0.25) is 4.79 Å². The van der Waals surface area contributed by atoms with Gasteiger partial charge >= 0.3 is 6.18 Å². The Kier molecular flexibility index (Phi) is 5.74. The molecule has 0 bridgehead atoms. The van der Waals surface area contributed by atoms with Crippen molar-refractivity contribution < 1.29 is 22.5 Å². The summed E-state index contributed by atoms with van der Waals surface area (Å²) in [7, 11) is 0. The van der Waals surface area contributed by atoms with Crippen molar-refractivity contribution >= 4 is 22.6 Å². The lowest BCUT2D eigenvalue weighted by Gasteiger charge is -2.09. The van der Waals surface area contributed by atoms with Crippen molar-refractivity contribution in [3.05, 3.63) is 83.0 Å². The van der Waals surface area contributed by atoms with Crippen molar-refractivity contribution in [3.8, 4) is 11.1 Å². The molecule has 0 radical (unpaired) electrons. The maximum Gasteiger partial charge on any atom is 0.416 e. The summed E-state index contributed by atoms with van der Waals surface area (Å²) in [5.41, 5.74) is 5.01. The molecule has 0 spiro atoms. The van der Waals surface area contributed by atoms with Crippen LogP contribution in [0.15, 0.2) is 65.2 Å². The fourth-order valence-electron chi connectivity index (χ4n) is 3.67. The van der Waals surface area contributed by atoms with Crippen molar-refractivity contribution in [3.63, 3.8) is 0 Å². The first-order chi connectivity index (χ1) is 15.2. The van der Waals surface area contributed by atoms with Crippen molar-refractivity contribution in [1.29, 1.82) is 0 Å². The minimum atomic E-state index is -4.35.